The smallest absolute Gasteiger partial charge is 0.217 e. The van der Waals surface area contributed by atoms with Crippen LogP contribution in [0.1, 0.15) is 69.0 Å². The fourth-order valence-corrected chi connectivity index (χ4v) is 8.03. The summed E-state index contributed by atoms with van der Waals surface area (Å²) in [7, 11) is 3.39. The molecule has 1 unspecified atom stereocenters. The van der Waals surface area contributed by atoms with Crippen molar-refractivity contribution in [3.8, 4) is 11.5 Å². The average Bonchev–Trinajstić information content (AvgIpc) is 3.32. The molecule has 5 heteroatoms. The molecule has 1 amide bonds. The molecule has 5 aliphatic rings. The third-order valence-corrected chi connectivity index (χ3v) is 9.60. The van der Waals surface area contributed by atoms with Crippen molar-refractivity contribution in [1.29, 1.82) is 0 Å². The van der Waals surface area contributed by atoms with Crippen molar-refractivity contribution < 1.29 is 14.3 Å². The van der Waals surface area contributed by atoms with Gasteiger partial charge in [0.25, 0.3) is 0 Å². The van der Waals surface area contributed by atoms with Gasteiger partial charge in [0, 0.05) is 18.4 Å². The Labute approximate surface area is 179 Å². The van der Waals surface area contributed by atoms with Crippen LogP contribution in [0.5, 0.6) is 11.5 Å². The first-order valence-corrected chi connectivity index (χ1v) is 11.8. The van der Waals surface area contributed by atoms with Crippen molar-refractivity contribution in [3.05, 3.63) is 23.3 Å². The number of likely N-dealkylation sites (tertiary alicyclic amines) is 1. The molecule has 6 rings (SSSR count). The molecule has 162 valence electrons. The molecule has 2 spiro atoms. The quantitative estimate of drug-likeness (QED) is 0.820. The number of carbonyl (C=O) groups excluding carboxylic acids is 1. The van der Waals surface area contributed by atoms with Gasteiger partial charge < -0.3 is 19.7 Å². The zero-order valence-electron chi connectivity index (χ0n) is 18.5. The van der Waals surface area contributed by atoms with E-state index >= 15 is 0 Å². The second-order valence-electron chi connectivity index (χ2n) is 10.7. The molecular formula is C25H34N2O3. The van der Waals surface area contributed by atoms with Crippen molar-refractivity contribution in [2.75, 3.05) is 27.3 Å². The minimum Gasteiger partial charge on any atom is -0.493 e. The summed E-state index contributed by atoms with van der Waals surface area (Å²) in [4.78, 5) is 14.7. The van der Waals surface area contributed by atoms with Gasteiger partial charge in [0.1, 0.15) is 0 Å². The third kappa shape index (κ3) is 2.47. The van der Waals surface area contributed by atoms with Gasteiger partial charge in [0.05, 0.1) is 20.3 Å². The van der Waals surface area contributed by atoms with Crippen molar-refractivity contribution in [1.82, 2.24) is 10.2 Å². The van der Waals surface area contributed by atoms with E-state index in [9.17, 15) is 4.79 Å². The highest BCUT2D eigenvalue weighted by Crippen LogP contribution is 2.76. The van der Waals surface area contributed by atoms with Gasteiger partial charge in [0.2, 0.25) is 5.91 Å². The van der Waals surface area contributed by atoms with Crippen molar-refractivity contribution in [2.24, 2.45) is 17.3 Å². The Morgan fingerprint density at radius 2 is 1.80 bits per heavy atom. The van der Waals surface area contributed by atoms with Gasteiger partial charge in [-0.2, -0.15) is 0 Å². The Bertz CT molecular complexity index is 889. The molecule has 4 aliphatic carbocycles. The van der Waals surface area contributed by atoms with Crippen LogP contribution in [0, 0.1) is 17.3 Å². The highest BCUT2D eigenvalue weighted by atomic mass is 16.5. The molecule has 0 bridgehead atoms. The lowest BCUT2D eigenvalue weighted by molar-refractivity contribution is -0.119. The number of hydrogen-bond acceptors (Lipinski definition) is 4. The maximum absolute atomic E-state index is 11.9. The maximum Gasteiger partial charge on any atom is 0.217 e. The van der Waals surface area contributed by atoms with Crippen molar-refractivity contribution in [3.63, 3.8) is 0 Å². The van der Waals surface area contributed by atoms with E-state index in [1.54, 1.807) is 21.1 Å². The van der Waals surface area contributed by atoms with Crippen molar-refractivity contribution >= 4 is 5.91 Å². The van der Waals surface area contributed by atoms with Crippen LogP contribution in [-0.4, -0.2) is 44.2 Å². The largest absolute Gasteiger partial charge is 0.493 e. The Kier molecular flexibility index (Phi) is 4.04. The van der Waals surface area contributed by atoms with Gasteiger partial charge >= 0.3 is 0 Å². The Balaban J connectivity index is 1.25. The molecule has 1 aliphatic heterocycles. The van der Waals surface area contributed by atoms with E-state index in [1.807, 2.05) is 0 Å². The number of methoxy groups -OCH3 is 2. The molecule has 1 aromatic carbocycles. The summed E-state index contributed by atoms with van der Waals surface area (Å²) in [5.74, 6) is 3.66. The van der Waals surface area contributed by atoms with Crippen LogP contribution in [-0.2, 0) is 10.2 Å². The summed E-state index contributed by atoms with van der Waals surface area (Å²) < 4.78 is 11.2. The standard InChI is InChI=1S/C25H34N2O3/c1-15(28)26-20-13-24(19-11-23(30-3)22(29-2)10-17(19)20)6-8-27(9-7-24)21-14-25-12-16(25)4-5-18(21)25/h10-11,16,18,20-21H,4-9,12-14H2,1-3H3,(H,26,28)/t16-,18+,20+,21+,25?/m1/s1. The van der Waals surface area contributed by atoms with Crippen LogP contribution >= 0.6 is 0 Å². The molecule has 1 saturated heterocycles. The topological polar surface area (TPSA) is 50.8 Å². The fourth-order valence-electron chi connectivity index (χ4n) is 8.03. The number of hydrogen-bond donors (Lipinski definition) is 1. The van der Waals surface area contributed by atoms with Gasteiger partial charge in [-0.05, 0) is 98.5 Å². The van der Waals surface area contributed by atoms with E-state index in [-0.39, 0.29) is 17.4 Å². The lowest BCUT2D eigenvalue weighted by Crippen LogP contribution is -2.56. The van der Waals surface area contributed by atoms with Gasteiger partial charge in [0.15, 0.2) is 11.5 Å². The predicted octanol–water partition coefficient (Wildman–Crippen LogP) is 3.81. The van der Waals surface area contributed by atoms with E-state index in [2.05, 4.69) is 22.3 Å². The number of carbonyl (C=O) groups is 1. The first kappa shape index (κ1) is 19.0. The van der Waals surface area contributed by atoms with E-state index in [4.69, 9.17) is 9.47 Å². The monoisotopic (exact) mass is 410 g/mol. The van der Waals surface area contributed by atoms with Gasteiger partial charge in [-0.25, -0.2) is 0 Å². The van der Waals surface area contributed by atoms with Crippen LogP contribution in [0.15, 0.2) is 12.1 Å². The Morgan fingerprint density at radius 1 is 1.07 bits per heavy atom. The zero-order chi connectivity index (χ0) is 20.7. The predicted molar refractivity (Wildman–Crippen MR) is 115 cm³/mol. The summed E-state index contributed by atoms with van der Waals surface area (Å²) in [6.07, 6.45) is 9.29. The van der Waals surface area contributed by atoms with E-state index in [0.717, 1.165) is 41.2 Å². The molecule has 0 aromatic heterocycles. The molecule has 1 heterocycles. The minimum atomic E-state index is 0.0372. The summed E-state index contributed by atoms with van der Waals surface area (Å²) in [6, 6.07) is 5.19. The molecule has 4 fully saturated rings. The number of nitrogens with one attached hydrogen (secondary N) is 1. The van der Waals surface area contributed by atoms with Crippen molar-refractivity contribution in [2.45, 2.75) is 69.4 Å². The third-order valence-electron chi connectivity index (χ3n) is 9.60. The molecule has 1 aromatic rings. The number of benzene rings is 1. The van der Waals surface area contributed by atoms with Crippen LogP contribution in [0.3, 0.4) is 0 Å². The molecule has 5 atom stereocenters. The molecular weight excluding hydrogens is 376 g/mol. The van der Waals surface area contributed by atoms with E-state index < -0.39 is 0 Å². The second-order valence-corrected chi connectivity index (χ2v) is 10.7. The molecule has 0 radical (unpaired) electrons. The average molecular weight is 411 g/mol. The van der Waals surface area contributed by atoms with E-state index in [1.165, 1.54) is 62.7 Å². The molecule has 30 heavy (non-hydrogen) atoms. The Hall–Kier alpha value is -1.75. The number of ether oxygens (including phenoxy) is 2. The van der Waals surface area contributed by atoms with Crippen LogP contribution in [0.4, 0.5) is 0 Å². The first-order chi connectivity index (χ1) is 14.5. The SMILES string of the molecule is COc1cc2c(cc1OC)C1(CCN([C@H]3CC45C[C@H]4CC[C@@H]35)CC1)C[C@@H]2NC(C)=O. The molecule has 1 N–H and O–H groups in total. The summed E-state index contributed by atoms with van der Waals surface area (Å²) >= 11 is 0. The number of piperidine rings is 1. The zero-order valence-corrected chi connectivity index (χ0v) is 18.5. The van der Waals surface area contributed by atoms with Gasteiger partial charge in [-0.1, -0.05) is 0 Å². The van der Waals surface area contributed by atoms with Crippen LogP contribution < -0.4 is 14.8 Å². The normalized spacial score (nSPS) is 37.7. The van der Waals surface area contributed by atoms with E-state index in [0.29, 0.717) is 0 Å². The number of rotatable bonds is 4. The minimum absolute atomic E-state index is 0.0372. The Morgan fingerprint density at radius 3 is 2.43 bits per heavy atom. The van der Waals surface area contributed by atoms with Gasteiger partial charge in [-0.15, -0.1) is 0 Å². The van der Waals surface area contributed by atoms with Crippen LogP contribution in [0.25, 0.3) is 0 Å². The van der Waals surface area contributed by atoms with Gasteiger partial charge in [-0.3, -0.25) is 4.79 Å². The highest BCUT2D eigenvalue weighted by Gasteiger charge is 2.71. The number of amides is 1. The summed E-state index contributed by atoms with van der Waals surface area (Å²) in [6.45, 7) is 3.98. The summed E-state index contributed by atoms with van der Waals surface area (Å²) in [5, 5.41) is 3.21. The summed E-state index contributed by atoms with van der Waals surface area (Å²) in [5.41, 5.74) is 3.51. The number of nitrogens with zero attached hydrogens (tertiary/aromatic N) is 1. The molecule has 3 saturated carbocycles. The lowest BCUT2D eigenvalue weighted by atomic mass is 9.65. The fraction of sp³-hybridized carbons (Fsp3) is 0.720. The first-order valence-electron chi connectivity index (χ1n) is 11.8. The lowest BCUT2D eigenvalue weighted by Gasteiger charge is -2.53. The molecule has 5 nitrogen and oxygen atoms in total. The second kappa shape index (κ2) is 6.38. The highest BCUT2D eigenvalue weighted by molar-refractivity contribution is 5.74. The maximum atomic E-state index is 11.9. The number of fused-ring (bicyclic) bond motifs is 2. The van der Waals surface area contributed by atoms with Crippen LogP contribution in [0.2, 0.25) is 0 Å².